The molecule has 0 aliphatic heterocycles. The number of carbonyl (C=O) groups excluding carboxylic acids is 1. The molecular formula is C55H105NO5. The number of aliphatic hydroxyl groups excluding tert-OH is 4. The lowest BCUT2D eigenvalue weighted by atomic mass is 10.00. The normalized spacial score (nSPS) is 14.1. The standard InChI is InChI=1S/C55H105NO5/c1-3-5-7-9-11-13-15-17-19-20-21-22-23-24-25-26-27-28-29-30-31-32-33-34-35-37-38-40-42-44-46-48-52(58)54(60)51(50-57)56-55(61)53(59)49-47-45-43-41-39-36-18-16-14-12-10-8-6-4-2/h30-31,34-35,40,42,51-54,57-60H,3-29,32-33,36-39,41,43-50H2,1-2H3,(H,56,61)/b31-30+,35-34+,42-40+. The van der Waals surface area contributed by atoms with Crippen molar-refractivity contribution in [1.82, 2.24) is 5.32 Å². The monoisotopic (exact) mass is 860 g/mol. The van der Waals surface area contributed by atoms with E-state index in [-0.39, 0.29) is 0 Å². The first kappa shape index (κ1) is 59.5. The van der Waals surface area contributed by atoms with Crippen LogP contribution in [0.25, 0.3) is 0 Å². The van der Waals surface area contributed by atoms with Crippen molar-refractivity contribution >= 4 is 5.91 Å². The highest BCUT2D eigenvalue weighted by Gasteiger charge is 2.28. The molecule has 0 aromatic heterocycles. The Hall–Kier alpha value is -1.47. The lowest BCUT2D eigenvalue weighted by molar-refractivity contribution is -0.132. The number of nitrogens with one attached hydrogen (secondary N) is 1. The number of allylic oxidation sites excluding steroid dienone is 6. The molecule has 0 spiro atoms. The van der Waals surface area contributed by atoms with Gasteiger partial charge in [0, 0.05) is 0 Å². The molecule has 0 heterocycles. The van der Waals surface area contributed by atoms with Gasteiger partial charge < -0.3 is 25.7 Å². The minimum atomic E-state index is -1.29. The fraction of sp³-hybridized carbons (Fsp3) is 0.873. The van der Waals surface area contributed by atoms with Crippen molar-refractivity contribution in [3.05, 3.63) is 36.5 Å². The molecule has 4 atom stereocenters. The second-order valence-corrected chi connectivity index (χ2v) is 18.6. The highest BCUT2D eigenvalue weighted by Crippen LogP contribution is 2.17. The molecule has 6 heteroatoms. The van der Waals surface area contributed by atoms with Gasteiger partial charge in [-0.2, -0.15) is 0 Å². The van der Waals surface area contributed by atoms with Crippen LogP contribution < -0.4 is 5.32 Å². The maximum absolute atomic E-state index is 12.5. The van der Waals surface area contributed by atoms with Crippen molar-refractivity contribution in [2.75, 3.05) is 6.61 Å². The highest BCUT2D eigenvalue weighted by atomic mass is 16.3. The summed E-state index contributed by atoms with van der Waals surface area (Å²) < 4.78 is 0. The lowest BCUT2D eigenvalue weighted by Crippen LogP contribution is -2.53. The van der Waals surface area contributed by atoms with Crippen molar-refractivity contribution in [2.45, 2.75) is 301 Å². The number of hydrogen-bond acceptors (Lipinski definition) is 5. The summed E-state index contributed by atoms with van der Waals surface area (Å²) in [6.45, 7) is 4.05. The fourth-order valence-electron chi connectivity index (χ4n) is 8.32. The number of amides is 1. The number of hydrogen-bond donors (Lipinski definition) is 5. The van der Waals surface area contributed by atoms with Crippen LogP contribution in [0, 0.1) is 0 Å². The Kier molecular flexibility index (Phi) is 48.3. The van der Waals surface area contributed by atoms with Crippen LogP contribution in [0.5, 0.6) is 0 Å². The molecule has 0 bridgehead atoms. The summed E-state index contributed by atoms with van der Waals surface area (Å²) in [5.41, 5.74) is 0. The number of carbonyl (C=O) groups is 1. The molecule has 0 aliphatic carbocycles. The third-order valence-electron chi connectivity index (χ3n) is 12.6. The molecule has 0 saturated heterocycles. The zero-order valence-corrected chi connectivity index (χ0v) is 40.7. The first-order chi connectivity index (χ1) is 30.0. The smallest absolute Gasteiger partial charge is 0.249 e. The van der Waals surface area contributed by atoms with Gasteiger partial charge in [-0.3, -0.25) is 4.79 Å². The van der Waals surface area contributed by atoms with Crippen molar-refractivity contribution in [2.24, 2.45) is 0 Å². The van der Waals surface area contributed by atoms with Gasteiger partial charge in [-0.1, -0.05) is 249 Å². The molecule has 0 rings (SSSR count). The largest absolute Gasteiger partial charge is 0.394 e. The third kappa shape index (κ3) is 43.6. The Morgan fingerprint density at radius 1 is 0.393 bits per heavy atom. The minimum absolute atomic E-state index is 0.361. The molecule has 4 unspecified atom stereocenters. The van der Waals surface area contributed by atoms with Gasteiger partial charge in [0.05, 0.1) is 18.8 Å². The van der Waals surface area contributed by atoms with E-state index in [2.05, 4.69) is 55.6 Å². The van der Waals surface area contributed by atoms with Crippen molar-refractivity contribution in [3.8, 4) is 0 Å². The van der Waals surface area contributed by atoms with Crippen LogP contribution in [0.2, 0.25) is 0 Å². The van der Waals surface area contributed by atoms with E-state index in [0.29, 0.717) is 19.3 Å². The van der Waals surface area contributed by atoms with E-state index < -0.39 is 36.9 Å². The summed E-state index contributed by atoms with van der Waals surface area (Å²) in [4.78, 5) is 12.5. The van der Waals surface area contributed by atoms with E-state index in [1.54, 1.807) is 0 Å². The summed E-state index contributed by atoms with van der Waals surface area (Å²) in [6, 6.07) is -1.01. The first-order valence-corrected chi connectivity index (χ1v) is 26.9. The van der Waals surface area contributed by atoms with E-state index in [9.17, 15) is 25.2 Å². The van der Waals surface area contributed by atoms with Crippen molar-refractivity contribution in [3.63, 3.8) is 0 Å². The molecule has 1 amide bonds. The molecule has 0 aromatic carbocycles. The average Bonchev–Trinajstić information content (AvgIpc) is 3.26. The Morgan fingerprint density at radius 2 is 0.689 bits per heavy atom. The number of rotatable bonds is 49. The molecule has 6 nitrogen and oxygen atoms in total. The molecule has 360 valence electrons. The first-order valence-electron chi connectivity index (χ1n) is 26.9. The van der Waals surface area contributed by atoms with Crippen LogP contribution in [0.3, 0.4) is 0 Å². The second kappa shape index (κ2) is 49.5. The Labute approximate surface area is 379 Å². The van der Waals surface area contributed by atoms with Gasteiger partial charge in [0.25, 0.3) is 0 Å². The Morgan fingerprint density at radius 3 is 1.03 bits per heavy atom. The van der Waals surface area contributed by atoms with Crippen LogP contribution in [-0.4, -0.2) is 57.3 Å². The SMILES string of the molecule is CCCCCCCCCCCCCCCCCCCC/C=C/CC/C=C/CC/C=C/CCCC(O)C(O)C(CO)NC(=O)C(O)CCCCCCCCCCCCCCCC. The van der Waals surface area contributed by atoms with Crippen LogP contribution >= 0.6 is 0 Å². The molecule has 61 heavy (non-hydrogen) atoms. The van der Waals surface area contributed by atoms with E-state index in [0.717, 1.165) is 51.4 Å². The molecule has 0 aliphatic rings. The van der Waals surface area contributed by atoms with Crippen LogP contribution in [-0.2, 0) is 4.79 Å². The quantitative estimate of drug-likeness (QED) is 0.0309. The summed E-state index contributed by atoms with van der Waals surface area (Å²) in [6.07, 6.45) is 60.7. The highest BCUT2D eigenvalue weighted by molar-refractivity contribution is 5.80. The molecule has 0 radical (unpaired) electrons. The third-order valence-corrected chi connectivity index (χ3v) is 12.6. The lowest BCUT2D eigenvalue weighted by Gasteiger charge is -2.27. The van der Waals surface area contributed by atoms with E-state index in [1.807, 2.05) is 0 Å². The van der Waals surface area contributed by atoms with Gasteiger partial charge in [-0.25, -0.2) is 0 Å². The molecule has 5 N–H and O–H groups in total. The minimum Gasteiger partial charge on any atom is -0.394 e. The van der Waals surface area contributed by atoms with Gasteiger partial charge in [0.2, 0.25) is 5.91 Å². The van der Waals surface area contributed by atoms with E-state index in [4.69, 9.17) is 0 Å². The second-order valence-electron chi connectivity index (χ2n) is 18.6. The molecule has 0 saturated carbocycles. The van der Waals surface area contributed by atoms with E-state index in [1.165, 1.54) is 193 Å². The summed E-state index contributed by atoms with van der Waals surface area (Å²) in [5.74, 6) is -0.598. The predicted octanol–water partition coefficient (Wildman–Crippen LogP) is 15.2. The molecular weight excluding hydrogens is 755 g/mol. The fourth-order valence-corrected chi connectivity index (χ4v) is 8.32. The Bertz CT molecular complexity index is 966. The topological polar surface area (TPSA) is 110 Å². The average molecular weight is 860 g/mol. The van der Waals surface area contributed by atoms with Gasteiger partial charge in [0.1, 0.15) is 12.2 Å². The van der Waals surface area contributed by atoms with E-state index >= 15 is 0 Å². The van der Waals surface area contributed by atoms with Gasteiger partial charge in [-0.05, 0) is 64.2 Å². The molecule has 0 fully saturated rings. The molecule has 0 aromatic rings. The van der Waals surface area contributed by atoms with Crippen LogP contribution in [0.15, 0.2) is 36.5 Å². The summed E-state index contributed by atoms with van der Waals surface area (Å²) in [7, 11) is 0. The van der Waals surface area contributed by atoms with Gasteiger partial charge >= 0.3 is 0 Å². The predicted molar refractivity (Wildman–Crippen MR) is 265 cm³/mol. The maximum atomic E-state index is 12.5. The van der Waals surface area contributed by atoms with Gasteiger partial charge in [0.15, 0.2) is 0 Å². The zero-order chi connectivity index (χ0) is 44.5. The zero-order valence-electron chi connectivity index (χ0n) is 40.7. The van der Waals surface area contributed by atoms with Crippen LogP contribution in [0.1, 0.15) is 277 Å². The summed E-state index contributed by atoms with van der Waals surface area (Å²) >= 11 is 0. The van der Waals surface area contributed by atoms with Gasteiger partial charge in [-0.15, -0.1) is 0 Å². The van der Waals surface area contributed by atoms with Crippen molar-refractivity contribution < 1.29 is 25.2 Å². The van der Waals surface area contributed by atoms with Crippen LogP contribution in [0.4, 0.5) is 0 Å². The number of aliphatic hydroxyl groups is 4. The number of unbranched alkanes of at least 4 members (excludes halogenated alkanes) is 34. The van der Waals surface area contributed by atoms with Crippen molar-refractivity contribution in [1.29, 1.82) is 0 Å². The summed E-state index contributed by atoms with van der Waals surface area (Å²) in [5, 5.41) is 43.8. The maximum Gasteiger partial charge on any atom is 0.249 e. The Balaban J connectivity index is 3.69.